The summed E-state index contributed by atoms with van der Waals surface area (Å²) in [7, 11) is 0. The minimum Gasteiger partial charge on any atom is -0.508 e. The molecular formula is C16H15ClN2O. The lowest BCUT2D eigenvalue weighted by molar-refractivity contribution is 0.471. The summed E-state index contributed by atoms with van der Waals surface area (Å²) in [5.41, 5.74) is 3.79. The van der Waals surface area contributed by atoms with E-state index in [1.54, 1.807) is 6.07 Å². The molecule has 4 heteroatoms. The van der Waals surface area contributed by atoms with E-state index >= 15 is 0 Å². The van der Waals surface area contributed by atoms with Crippen molar-refractivity contribution in [2.24, 2.45) is 0 Å². The Morgan fingerprint density at radius 1 is 1.20 bits per heavy atom. The van der Waals surface area contributed by atoms with Crippen LogP contribution in [0.15, 0.2) is 36.4 Å². The van der Waals surface area contributed by atoms with Crippen molar-refractivity contribution in [2.75, 3.05) is 0 Å². The molecule has 102 valence electrons. The third-order valence-electron chi connectivity index (χ3n) is 3.48. The summed E-state index contributed by atoms with van der Waals surface area (Å²) in [6.45, 7) is 4.78. The number of phenolic OH excluding ortho intramolecular Hbond substituents is 1. The second kappa shape index (κ2) is 4.84. The molecule has 0 saturated carbocycles. The van der Waals surface area contributed by atoms with Gasteiger partial charge in [-0.1, -0.05) is 11.6 Å². The number of rotatable bonds is 2. The molecular weight excluding hydrogens is 272 g/mol. The molecule has 20 heavy (non-hydrogen) atoms. The Morgan fingerprint density at radius 2 is 2.00 bits per heavy atom. The van der Waals surface area contributed by atoms with E-state index in [-0.39, 0.29) is 0 Å². The molecule has 2 aromatic carbocycles. The second-order valence-corrected chi connectivity index (χ2v) is 5.25. The van der Waals surface area contributed by atoms with Crippen LogP contribution >= 0.6 is 11.6 Å². The first kappa shape index (κ1) is 13.0. The van der Waals surface area contributed by atoms with Gasteiger partial charge in [0.1, 0.15) is 11.6 Å². The van der Waals surface area contributed by atoms with Gasteiger partial charge >= 0.3 is 0 Å². The maximum absolute atomic E-state index is 9.65. The number of hydrogen-bond acceptors (Lipinski definition) is 2. The maximum atomic E-state index is 9.65. The summed E-state index contributed by atoms with van der Waals surface area (Å²) < 4.78 is 2.13. The highest BCUT2D eigenvalue weighted by Gasteiger charge is 2.12. The molecule has 3 aromatic rings. The molecule has 0 unspecified atom stereocenters. The molecule has 3 rings (SSSR count). The fourth-order valence-corrected chi connectivity index (χ4v) is 2.60. The summed E-state index contributed by atoms with van der Waals surface area (Å²) in [4.78, 5) is 4.69. The molecule has 1 heterocycles. The summed E-state index contributed by atoms with van der Waals surface area (Å²) >= 11 is 6.07. The van der Waals surface area contributed by atoms with E-state index < -0.39 is 0 Å². The van der Waals surface area contributed by atoms with Crippen molar-refractivity contribution in [3.05, 3.63) is 47.0 Å². The molecule has 0 spiro atoms. The fourth-order valence-electron chi connectivity index (χ4n) is 2.43. The molecule has 0 aliphatic rings. The number of halogens is 1. The number of fused-ring (bicyclic) bond motifs is 1. The van der Waals surface area contributed by atoms with Gasteiger partial charge in [0.25, 0.3) is 0 Å². The van der Waals surface area contributed by atoms with Crippen LogP contribution in [0.3, 0.4) is 0 Å². The maximum Gasteiger partial charge on any atom is 0.141 e. The Kier molecular flexibility index (Phi) is 3.14. The predicted molar refractivity (Wildman–Crippen MR) is 82.3 cm³/mol. The van der Waals surface area contributed by atoms with E-state index in [0.29, 0.717) is 10.8 Å². The Morgan fingerprint density at radius 3 is 2.70 bits per heavy atom. The van der Waals surface area contributed by atoms with Crippen LogP contribution in [0.1, 0.15) is 12.5 Å². The largest absolute Gasteiger partial charge is 0.508 e. The topological polar surface area (TPSA) is 38.0 Å². The van der Waals surface area contributed by atoms with E-state index in [1.807, 2.05) is 37.3 Å². The van der Waals surface area contributed by atoms with Crippen molar-refractivity contribution >= 4 is 22.6 Å². The van der Waals surface area contributed by atoms with E-state index in [9.17, 15) is 5.11 Å². The molecule has 0 bridgehead atoms. The number of aromatic nitrogens is 2. The molecule has 3 nitrogen and oxygen atoms in total. The summed E-state index contributed by atoms with van der Waals surface area (Å²) in [6, 6.07) is 11.3. The van der Waals surface area contributed by atoms with Gasteiger partial charge in [-0.15, -0.1) is 0 Å². The van der Waals surface area contributed by atoms with Crippen molar-refractivity contribution in [1.82, 2.24) is 9.55 Å². The monoisotopic (exact) mass is 286 g/mol. The van der Waals surface area contributed by atoms with Gasteiger partial charge < -0.3 is 9.67 Å². The Labute approximate surface area is 122 Å². The number of aryl methyl sites for hydroxylation is 2. The van der Waals surface area contributed by atoms with Crippen LogP contribution in [0.5, 0.6) is 5.75 Å². The second-order valence-electron chi connectivity index (χ2n) is 4.81. The lowest BCUT2D eigenvalue weighted by Crippen LogP contribution is -1.97. The van der Waals surface area contributed by atoms with Crippen molar-refractivity contribution < 1.29 is 5.11 Å². The lowest BCUT2D eigenvalue weighted by atomic mass is 10.1. The molecule has 0 saturated heterocycles. The van der Waals surface area contributed by atoms with Gasteiger partial charge in [-0.25, -0.2) is 4.98 Å². The van der Waals surface area contributed by atoms with E-state index in [1.165, 1.54) is 0 Å². The van der Waals surface area contributed by atoms with Gasteiger partial charge in [-0.05, 0) is 55.8 Å². The standard InChI is InChI=1S/C16H15ClN2O/c1-3-19-14-9-12(17)5-6-13(14)18-16(19)11-4-7-15(20)10(2)8-11/h4-9,20H,3H2,1-2H3. The third kappa shape index (κ3) is 2.04. The first-order valence-electron chi connectivity index (χ1n) is 6.56. The molecule has 0 radical (unpaired) electrons. The van der Waals surface area contributed by atoms with Gasteiger partial charge in [0.15, 0.2) is 0 Å². The molecule has 0 aliphatic carbocycles. The van der Waals surface area contributed by atoms with Crippen LogP contribution in [-0.2, 0) is 6.54 Å². The normalized spacial score (nSPS) is 11.2. The van der Waals surface area contributed by atoms with Crippen LogP contribution in [0, 0.1) is 6.92 Å². The van der Waals surface area contributed by atoms with Gasteiger partial charge in [0, 0.05) is 17.1 Å². The lowest BCUT2D eigenvalue weighted by Gasteiger charge is -2.07. The number of nitrogens with zero attached hydrogens (tertiary/aromatic N) is 2. The summed E-state index contributed by atoms with van der Waals surface area (Å²) in [6.07, 6.45) is 0. The number of benzene rings is 2. The highest BCUT2D eigenvalue weighted by atomic mass is 35.5. The highest BCUT2D eigenvalue weighted by molar-refractivity contribution is 6.31. The molecule has 1 aromatic heterocycles. The molecule has 1 N–H and O–H groups in total. The van der Waals surface area contributed by atoms with Gasteiger partial charge in [-0.3, -0.25) is 0 Å². The fraction of sp³-hybridized carbons (Fsp3) is 0.188. The van der Waals surface area contributed by atoms with Crippen LogP contribution in [0.25, 0.3) is 22.4 Å². The van der Waals surface area contributed by atoms with E-state index in [2.05, 4.69) is 16.5 Å². The average molecular weight is 287 g/mol. The number of phenols is 1. The summed E-state index contributed by atoms with van der Waals surface area (Å²) in [5, 5.41) is 10.4. The number of imidazole rings is 1. The van der Waals surface area contributed by atoms with Crippen molar-refractivity contribution in [2.45, 2.75) is 20.4 Å². The van der Waals surface area contributed by atoms with Crippen molar-refractivity contribution in [1.29, 1.82) is 0 Å². The molecule has 0 atom stereocenters. The van der Waals surface area contributed by atoms with Crippen LogP contribution in [0.2, 0.25) is 5.02 Å². The van der Waals surface area contributed by atoms with E-state index in [4.69, 9.17) is 11.6 Å². The van der Waals surface area contributed by atoms with Crippen LogP contribution in [-0.4, -0.2) is 14.7 Å². The quantitative estimate of drug-likeness (QED) is 0.759. The van der Waals surface area contributed by atoms with Crippen LogP contribution < -0.4 is 0 Å². The van der Waals surface area contributed by atoms with E-state index in [0.717, 1.165) is 34.5 Å². The van der Waals surface area contributed by atoms with Crippen molar-refractivity contribution in [3.63, 3.8) is 0 Å². The molecule has 0 fully saturated rings. The zero-order chi connectivity index (χ0) is 14.3. The Balaban J connectivity index is 2.27. The molecule has 0 amide bonds. The van der Waals surface area contributed by atoms with Gasteiger partial charge in [0.2, 0.25) is 0 Å². The first-order chi connectivity index (χ1) is 9.60. The molecule has 0 aliphatic heterocycles. The van der Waals surface area contributed by atoms with Gasteiger partial charge in [-0.2, -0.15) is 0 Å². The number of aromatic hydroxyl groups is 1. The van der Waals surface area contributed by atoms with Gasteiger partial charge in [0.05, 0.1) is 11.0 Å². The van der Waals surface area contributed by atoms with Crippen LogP contribution in [0.4, 0.5) is 0 Å². The summed E-state index contributed by atoms with van der Waals surface area (Å²) in [5.74, 6) is 1.20. The zero-order valence-electron chi connectivity index (χ0n) is 11.4. The minimum atomic E-state index is 0.302. The minimum absolute atomic E-state index is 0.302. The predicted octanol–water partition coefficient (Wildman–Crippen LogP) is 4.39. The first-order valence-corrected chi connectivity index (χ1v) is 6.93. The number of hydrogen-bond donors (Lipinski definition) is 1. The Bertz CT molecular complexity index is 793. The Hall–Kier alpha value is -2.00. The third-order valence-corrected chi connectivity index (χ3v) is 3.72. The SMILES string of the molecule is CCn1c(-c2ccc(O)c(C)c2)nc2ccc(Cl)cc21. The highest BCUT2D eigenvalue weighted by Crippen LogP contribution is 2.29. The average Bonchev–Trinajstić information content (AvgIpc) is 2.79. The zero-order valence-corrected chi connectivity index (χ0v) is 12.1. The smallest absolute Gasteiger partial charge is 0.141 e. The van der Waals surface area contributed by atoms with Crippen molar-refractivity contribution in [3.8, 4) is 17.1 Å².